The lowest BCUT2D eigenvalue weighted by Crippen LogP contribution is -2.25. The van der Waals surface area contributed by atoms with Gasteiger partial charge in [0.15, 0.2) is 0 Å². The summed E-state index contributed by atoms with van der Waals surface area (Å²) in [5.41, 5.74) is 1.96. The number of aromatic amines is 1. The second-order valence-corrected chi connectivity index (χ2v) is 6.45. The van der Waals surface area contributed by atoms with E-state index in [0.717, 1.165) is 11.0 Å². The maximum atomic E-state index is 12.9. The first-order chi connectivity index (χ1) is 12.5. The van der Waals surface area contributed by atoms with Gasteiger partial charge >= 0.3 is 0 Å². The molecule has 0 saturated carbocycles. The Morgan fingerprint density at radius 1 is 1.08 bits per heavy atom. The molecular formula is C20H18N4O2. The van der Waals surface area contributed by atoms with Crippen molar-refractivity contribution in [3.63, 3.8) is 0 Å². The Hall–Kier alpha value is -3.41. The molecule has 0 aliphatic carbocycles. The lowest BCUT2D eigenvalue weighted by molar-refractivity contribution is 0.102. The molecular weight excluding hydrogens is 328 g/mol. The predicted octanol–water partition coefficient (Wildman–Crippen LogP) is 3.71. The minimum atomic E-state index is -0.311. The highest BCUT2D eigenvalue weighted by atomic mass is 16.2. The van der Waals surface area contributed by atoms with E-state index in [2.05, 4.69) is 15.3 Å². The third kappa shape index (κ3) is 2.65. The molecule has 2 aromatic heterocycles. The number of amides is 1. The number of para-hydroxylation sites is 2. The molecule has 2 heterocycles. The van der Waals surface area contributed by atoms with Crippen LogP contribution < -0.4 is 10.9 Å². The van der Waals surface area contributed by atoms with E-state index in [1.165, 1.54) is 0 Å². The second kappa shape index (κ2) is 6.15. The minimum absolute atomic E-state index is 0.0511. The van der Waals surface area contributed by atoms with E-state index in [0.29, 0.717) is 22.3 Å². The van der Waals surface area contributed by atoms with E-state index in [1.54, 1.807) is 29.0 Å². The molecule has 0 bridgehead atoms. The summed E-state index contributed by atoms with van der Waals surface area (Å²) in [7, 11) is 0. The Balaban J connectivity index is 1.81. The molecule has 4 aromatic rings. The Kier molecular flexibility index (Phi) is 3.80. The summed E-state index contributed by atoms with van der Waals surface area (Å²) in [6, 6.07) is 14.7. The topological polar surface area (TPSA) is 79.8 Å². The predicted molar refractivity (Wildman–Crippen MR) is 103 cm³/mol. The number of anilines is 1. The van der Waals surface area contributed by atoms with Gasteiger partial charge in [-0.2, -0.15) is 0 Å². The first kappa shape index (κ1) is 16.1. The van der Waals surface area contributed by atoms with Crippen molar-refractivity contribution in [2.45, 2.75) is 19.9 Å². The fourth-order valence-electron chi connectivity index (χ4n) is 3.06. The van der Waals surface area contributed by atoms with E-state index in [9.17, 15) is 9.59 Å². The molecule has 0 saturated heterocycles. The van der Waals surface area contributed by atoms with Gasteiger partial charge in [0, 0.05) is 23.0 Å². The standard InChI is InChI=1S/C20H18N4O2/c1-12(2)24-11-15(13-7-3-4-8-14(13)19(24)26)18(25)23-20-21-16-9-5-6-10-17(16)22-20/h3-12H,1-2H3,(H2,21,22,23,25). The van der Waals surface area contributed by atoms with Crippen LogP contribution in [0.15, 0.2) is 59.5 Å². The van der Waals surface area contributed by atoms with E-state index in [-0.39, 0.29) is 17.5 Å². The number of benzene rings is 2. The van der Waals surface area contributed by atoms with Crippen LogP contribution in [0.1, 0.15) is 30.2 Å². The molecule has 2 aromatic carbocycles. The van der Waals surface area contributed by atoms with E-state index >= 15 is 0 Å². The Bertz CT molecular complexity index is 1150. The van der Waals surface area contributed by atoms with Crippen molar-refractivity contribution in [1.82, 2.24) is 14.5 Å². The number of carbonyl (C=O) groups is 1. The van der Waals surface area contributed by atoms with Crippen LogP contribution in [0, 0.1) is 0 Å². The third-order valence-corrected chi connectivity index (χ3v) is 4.37. The van der Waals surface area contributed by atoms with Crippen LogP contribution in [0.2, 0.25) is 0 Å². The number of imidazole rings is 1. The lowest BCUT2D eigenvalue weighted by atomic mass is 10.1. The molecule has 1 amide bonds. The highest BCUT2D eigenvalue weighted by Crippen LogP contribution is 2.19. The van der Waals surface area contributed by atoms with Gasteiger partial charge in [-0.25, -0.2) is 4.98 Å². The maximum Gasteiger partial charge on any atom is 0.260 e. The molecule has 6 nitrogen and oxygen atoms in total. The van der Waals surface area contributed by atoms with E-state index < -0.39 is 0 Å². The van der Waals surface area contributed by atoms with Crippen LogP contribution in [-0.2, 0) is 0 Å². The first-order valence-electron chi connectivity index (χ1n) is 8.44. The minimum Gasteiger partial charge on any atom is -0.324 e. The van der Waals surface area contributed by atoms with Gasteiger partial charge in [-0.15, -0.1) is 0 Å². The third-order valence-electron chi connectivity index (χ3n) is 4.37. The molecule has 0 spiro atoms. The second-order valence-electron chi connectivity index (χ2n) is 6.45. The summed E-state index contributed by atoms with van der Waals surface area (Å²) in [6.07, 6.45) is 1.62. The van der Waals surface area contributed by atoms with Crippen LogP contribution in [0.5, 0.6) is 0 Å². The van der Waals surface area contributed by atoms with Crippen LogP contribution >= 0.6 is 0 Å². The summed E-state index contributed by atoms with van der Waals surface area (Å²) >= 11 is 0. The zero-order valence-corrected chi connectivity index (χ0v) is 14.5. The molecule has 26 heavy (non-hydrogen) atoms. The number of hydrogen-bond acceptors (Lipinski definition) is 3. The van der Waals surface area contributed by atoms with Crippen molar-refractivity contribution in [2.24, 2.45) is 0 Å². The van der Waals surface area contributed by atoms with Crippen molar-refractivity contribution in [2.75, 3.05) is 5.32 Å². The zero-order chi connectivity index (χ0) is 18.3. The summed E-state index contributed by atoms with van der Waals surface area (Å²) < 4.78 is 1.58. The van der Waals surface area contributed by atoms with Crippen molar-refractivity contribution in [1.29, 1.82) is 0 Å². The number of rotatable bonds is 3. The number of hydrogen-bond donors (Lipinski definition) is 2. The highest BCUT2D eigenvalue weighted by molar-refractivity contribution is 6.12. The molecule has 0 fully saturated rings. The van der Waals surface area contributed by atoms with Gasteiger partial charge in [0.05, 0.1) is 16.6 Å². The lowest BCUT2D eigenvalue weighted by Gasteiger charge is -2.14. The number of carbonyl (C=O) groups excluding carboxylic acids is 1. The van der Waals surface area contributed by atoms with Gasteiger partial charge in [-0.3, -0.25) is 14.9 Å². The fraction of sp³-hybridized carbons (Fsp3) is 0.150. The van der Waals surface area contributed by atoms with Crippen molar-refractivity contribution in [3.8, 4) is 0 Å². The maximum absolute atomic E-state index is 12.9. The number of pyridine rings is 1. The van der Waals surface area contributed by atoms with E-state index in [4.69, 9.17) is 0 Å². The first-order valence-corrected chi connectivity index (χ1v) is 8.44. The number of nitrogens with zero attached hydrogens (tertiary/aromatic N) is 2. The monoisotopic (exact) mass is 346 g/mol. The van der Waals surface area contributed by atoms with Crippen molar-refractivity contribution >= 4 is 33.7 Å². The molecule has 6 heteroatoms. The number of fused-ring (bicyclic) bond motifs is 2. The number of nitrogens with one attached hydrogen (secondary N) is 2. The smallest absolute Gasteiger partial charge is 0.260 e. The van der Waals surface area contributed by atoms with E-state index in [1.807, 2.05) is 44.2 Å². The molecule has 0 radical (unpaired) electrons. The Morgan fingerprint density at radius 3 is 2.50 bits per heavy atom. The Labute approximate surface area is 149 Å². The molecule has 130 valence electrons. The van der Waals surface area contributed by atoms with Gasteiger partial charge in [0.2, 0.25) is 5.95 Å². The molecule has 4 rings (SSSR count). The quantitative estimate of drug-likeness (QED) is 0.593. The fourth-order valence-corrected chi connectivity index (χ4v) is 3.06. The SMILES string of the molecule is CC(C)n1cc(C(=O)Nc2nc3ccccc3[nH]2)c2ccccc2c1=O. The van der Waals surface area contributed by atoms with Crippen LogP contribution in [-0.4, -0.2) is 20.4 Å². The molecule has 0 aliphatic rings. The van der Waals surface area contributed by atoms with Gasteiger partial charge in [-0.1, -0.05) is 30.3 Å². The normalized spacial score (nSPS) is 11.3. The summed E-state index contributed by atoms with van der Waals surface area (Å²) in [4.78, 5) is 33.0. The Morgan fingerprint density at radius 2 is 1.77 bits per heavy atom. The highest BCUT2D eigenvalue weighted by Gasteiger charge is 2.17. The average molecular weight is 346 g/mol. The van der Waals surface area contributed by atoms with Gasteiger partial charge in [0.25, 0.3) is 11.5 Å². The summed E-state index contributed by atoms with van der Waals surface area (Å²) in [5, 5.41) is 3.96. The summed E-state index contributed by atoms with van der Waals surface area (Å²) in [5.74, 6) is 0.0669. The molecule has 0 atom stereocenters. The average Bonchev–Trinajstić information content (AvgIpc) is 3.04. The summed E-state index contributed by atoms with van der Waals surface area (Å²) in [6.45, 7) is 3.83. The largest absolute Gasteiger partial charge is 0.324 e. The van der Waals surface area contributed by atoms with Crippen LogP contribution in [0.25, 0.3) is 21.8 Å². The molecule has 2 N–H and O–H groups in total. The van der Waals surface area contributed by atoms with Crippen molar-refractivity contribution < 1.29 is 4.79 Å². The molecule has 0 unspecified atom stereocenters. The van der Waals surface area contributed by atoms with Crippen LogP contribution in [0.4, 0.5) is 5.95 Å². The number of aromatic nitrogens is 3. The van der Waals surface area contributed by atoms with Gasteiger partial charge in [0.1, 0.15) is 0 Å². The number of H-pyrrole nitrogens is 1. The zero-order valence-electron chi connectivity index (χ0n) is 14.5. The van der Waals surface area contributed by atoms with Crippen LogP contribution in [0.3, 0.4) is 0 Å². The molecule has 0 aliphatic heterocycles. The van der Waals surface area contributed by atoms with Gasteiger partial charge in [-0.05, 0) is 32.0 Å². The van der Waals surface area contributed by atoms with Crippen molar-refractivity contribution in [3.05, 3.63) is 70.6 Å². The van der Waals surface area contributed by atoms with Gasteiger partial charge < -0.3 is 9.55 Å².